The van der Waals surface area contributed by atoms with E-state index in [0.717, 1.165) is 58.5 Å². The van der Waals surface area contributed by atoms with Crippen molar-refractivity contribution in [2.24, 2.45) is 0 Å². The van der Waals surface area contributed by atoms with E-state index in [0.29, 0.717) is 34.8 Å². The number of rotatable bonds is 9. The third-order valence-corrected chi connectivity index (χ3v) is 7.06. The molecule has 0 aliphatic heterocycles. The Labute approximate surface area is 258 Å². The molecule has 0 saturated heterocycles. The molecule has 3 heterocycles. The molecule has 0 aliphatic rings. The number of nitrogens with zero attached hydrogens (tertiary/aromatic N) is 7. The molecule has 5 rings (SSSR count). The van der Waals surface area contributed by atoms with Gasteiger partial charge in [-0.2, -0.15) is 28.5 Å². The maximum absolute atomic E-state index is 13.7. The number of nitrogens with one attached hydrogen (secondary N) is 1. The van der Waals surface area contributed by atoms with Gasteiger partial charge < -0.3 is 19.7 Å². The molecule has 5 aromatic rings. The van der Waals surface area contributed by atoms with Crippen LogP contribution in [0, 0.1) is 18.3 Å². The number of halogens is 3. The van der Waals surface area contributed by atoms with Crippen molar-refractivity contribution in [3.8, 4) is 34.1 Å². The lowest BCUT2D eigenvalue weighted by atomic mass is 9.95. The highest BCUT2D eigenvalue weighted by atomic mass is 19.4. The van der Waals surface area contributed by atoms with E-state index >= 15 is 0 Å². The average molecular weight is 619 g/mol. The number of fused-ring (bicyclic) bond motifs is 1. The second-order valence-electron chi connectivity index (χ2n) is 11.4. The van der Waals surface area contributed by atoms with Gasteiger partial charge in [-0.15, -0.1) is 5.10 Å². The standard InChI is InChI=1S/C31H32F3N8.CH2O2/c1-21-26(27-14-16-37-41(27)25-12-10-22(19-35)11-13-25)20-40-29(28(21)23-8-7-9-24(18-23)31(32,33)34)38-30(39-40)36-15-5-6-17-42(2,3)4;2-1-3/h7-14,16,18,20H,5-6,15,17H2,1-4H3,(H,36,39);1H,(H,2,3)/q+1;/p-1. The normalized spacial score (nSPS) is 11.5. The maximum Gasteiger partial charge on any atom is 0.416 e. The summed E-state index contributed by atoms with van der Waals surface area (Å²) in [5.41, 5.74) is 4.11. The van der Waals surface area contributed by atoms with Crippen LogP contribution in [0.5, 0.6) is 0 Å². The first-order valence-corrected chi connectivity index (χ1v) is 14.1. The van der Waals surface area contributed by atoms with Crippen LogP contribution in [-0.2, 0) is 11.0 Å². The molecule has 10 nitrogen and oxygen atoms in total. The Bertz CT molecular complexity index is 1810. The quantitative estimate of drug-likeness (QED) is 0.144. The Hall–Kier alpha value is -5.22. The Kier molecular flexibility index (Phi) is 9.88. The topological polar surface area (TPSA) is 124 Å². The highest BCUT2D eigenvalue weighted by molar-refractivity contribution is 5.86. The van der Waals surface area contributed by atoms with Crippen LogP contribution in [0.25, 0.3) is 33.7 Å². The molecule has 0 radical (unpaired) electrons. The third kappa shape index (κ3) is 7.84. The van der Waals surface area contributed by atoms with Gasteiger partial charge in [-0.3, -0.25) is 0 Å². The molecule has 0 bridgehead atoms. The monoisotopic (exact) mass is 618 g/mol. The van der Waals surface area contributed by atoms with Crippen molar-refractivity contribution in [2.75, 3.05) is 39.5 Å². The zero-order valence-electron chi connectivity index (χ0n) is 25.3. The second-order valence-corrected chi connectivity index (χ2v) is 11.4. The van der Waals surface area contributed by atoms with Crippen LogP contribution in [0.15, 0.2) is 67.0 Å². The number of quaternary nitrogens is 1. The number of aromatic nitrogens is 5. The fourth-order valence-corrected chi connectivity index (χ4v) is 4.94. The van der Waals surface area contributed by atoms with Gasteiger partial charge in [0.25, 0.3) is 0 Å². The molecule has 13 heteroatoms. The largest absolute Gasteiger partial charge is 0.554 e. The smallest absolute Gasteiger partial charge is 0.416 e. The van der Waals surface area contributed by atoms with Crippen LogP contribution in [0.3, 0.4) is 0 Å². The minimum atomic E-state index is -4.49. The highest BCUT2D eigenvalue weighted by Gasteiger charge is 2.31. The molecule has 0 unspecified atom stereocenters. The predicted octanol–water partition coefficient (Wildman–Crippen LogP) is 4.71. The van der Waals surface area contributed by atoms with E-state index < -0.39 is 18.2 Å². The number of carbonyl (C=O) groups excluding carboxylic acids is 1. The number of benzene rings is 2. The SMILES string of the molecule is Cc1c(-c2ccnn2-c2ccc(C#N)cc2)cn2nc(NCCCC[N+](C)(C)C)nc2c1-c1cccc(C(F)(F)F)c1.O=C[O-]. The molecular formula is C32H33F3N8O2. The van der Waals surface area contributed by atoms with Gasteiger partial charge in [0.15, 0.2) is 5.65 Å². The Morgan fingerprint density at radius 2 is 1.80 bits per heavy atom. The molecule has 2 aromatic carbocycles. The molecule has 0 saturated carbocycles. The van der Waals surface area contributed by atoms with E-state index in [1.165, 1.54) is 6.07 Å². The first-order valence-electron chi connectivity index (χ1n) is 14.1. The fraction of sp³-hybridized carbons (Fsp3) is 0.281. The zero-order valence-corrected chi connectivity index (χ0v) is 25.3. The summed E-state index contributed by atoms with van der Waals surface area (Å²) in [6.07, 6.45) is 0.958. The molecular weight excluding hydrogens is 585 g/mol. The van der Waals surface area contributed by atoms with E-state index in [-0.39, 0.29) is 0 Å². The molecule has 0 amide bonds. The molecule has 234 valence electrons. The summed E-state index contributed by atoms with van der Waals surface area (Å²) >= 11 is 0. The zero-order chi connectivity index (χ0) is 32.8. The first kappa shape index (κ1) is 32.7. The average Bonchev–Trinajstić information content (AvgIpc) is 3.63. The van der Waals surface area contributed by atoms with Gasteiger partial charge >= 0.3 is 6.18 Å². The summed E-state index contributed by atoms with van der Waals surface area (Å²) < 4.78 is 45.3. The lowest BCUT2D eigenvalue weighted by Crippen LogP contribution is -2.35. The minimum Gasteiger partial charge on any atom is -0.554 e. The van der Waals surface area contributed by atoms with E-state index in [4.69, 9.17) is 14.9 Å². The van der Waals surface area contributed by atoms with Crippen molar-refractivity contribution in [1.29, 1.82) is 5.26 Å². The molecule has 0 fully saturated rings. The van der Waals surface area contributed by atoms with E-state index in [1.54, 1.807) is 45.7 Å². The lowest BCUT2D eigenvalue weighted by molar-refractivity contribution is -0.870. The van der Waals surface area contributed by atoms with Crippen LogP contribution in [0.1, 0.15) is 29.5 Å². The van der Waals surface area contributed by atoms with Gasteiger partial charge in [0, 0.05) is 30.3 Å². The van der Waals surface area contributed by atoms with Gasteiger partial charge in [0.05, 0.1) is 62.5 Å². The number of unbranched alkanes of at least 4 members (excludes halogenated alkanes) is 1. The molecule has 3 aromatic heterocycles. The third-order valence-electron chi connectivity index (χ3n) is 7.06. The van der Waals surface area contributed by atoms with Gasteiger partial charge in [-0.25, -0.2) is 9.20 Å². The van der Waals surface area contributed by atoms with Crippen LogP contribution < -0.4 is 10.4 Å². The van der Waals surface area contributed by atoms with Crippen LogP contribution in [0.4, 0.5) is 19.1 Å². The van der Waals surface area contributed by atoms with Gasteiger partial charge in [-0.1, -0.05) is 12.1 Å². The predicted molar refractivity (Wildman–Crippen MR) is 162 cm³/mol. The summed E-state index contributed by atoms with van der Waals surface area (Å²) in [7, 11) is 6.46. The van der Waals surface area contributed by atoms with Gasteiger partial charge in [0.1, 0.15) is 0 Å². The summed E-state index contributed by atoms with van der Waals surface area (Å²) in [5, 5.41) is 29.9. The maximum atomic E-state index is 13.7. The van der Waals surface area contributed by atoms with Crippen LogP contribution in [-0.4, -0.2) is 69.6 Å². The van der Waals surface area contributed by atoms with Gasteiger partial charge in [0.2, 0.25) is 5.95 Å². The fourth-order valence-electron chi connectivity index (χ4n) is 4.94. The van der Waals surface area contributed by atoms with Crippen molar-refractivity contribution >= 4 is 18.1 Å². The second kappa shape index (κ2) is 13.6. The summed E-state index contributed by atoms with van der Waals surface area (Å²) in [6.45, 7) is 3.08. The number of nitriles is 1. The number of hydrogen-bond donors (Lipinski definition) is 1. The Morgan fingerprint density at radius 1 is 1.09 bits per heavy atom. The van der Waals surface area contributed by atoms with E-state index in [1.807, 2.05) is 19.2 Å². The number of hydrogen-bond acceptors (Lipinski definition) is 7. The highest BCUT2D eigenvalue weighted by Crippen LogP contribution is 2.38. The van der Waals surface area contributed by atoms with Gasteiger partial charge in [-0.05, 0) is 73.4 Å². The lowest BCUT2D eigenvalue weighted by Gasteiger charge is -2.23. The van der Waals surface area contributed by atoms with E-state index in [9.17, 15) is 18.4 Å². The summed E-state index contributed by atoms with van der Waals surface area (Å²) in [4.78, 5) is 13.0. The van der Waals surface area contributed by atoms with Crippen molar-refractivity contribution in [3.05, 3.63) is 83.7 Å². The van der Waals surface area contributed by atoms with Crippen LogP contribution >= 0.6 is 0 Å². The molecule has 1 N–H and O–H groups in total. The molecule has 0 spiro atoms. The molecule has 45 heavy (non-hydrogen) atoms. The van der Waals surface area contributed by atoms with Crippen molar-refractivity contribution in [2.45, 2.75) is 25.9 Å². The number of anilines is 1. The number of carbonyl (C=O) groups is 1. The number of pyridine rings is 1. The molecule has 0 atom stereocenters. The Morgan fingerprint density at radius 3 is 2.44 bits per heavy atom. The number of alkyl halides is 3. The first-order chi connectivity index (χ1) is 21.4. The molecule has 0 aliphatic carbocycles. The van der Waals surface area contributed by atoms with Crippen molar-refractivity contribution in [3.63, 3.8) is 0 Å². The Balaban J connectivity index is 0.00000148. The number of carboxylic acid groups (broad SMARTS) is 1. The summed E-state index contributed by atoms with van der Waals surface area (Å²) in [5.74, 6) is 0.408. The van der Waals surface area contributed by atoms with E-state index in [2.05, 4.69) is 42.7 Å². The van der Waals surface area contributed by atoms with Crippen molar-refractivity contribution < 1.29 is 27.6 Å². The summed E-state index contributed by atoms with van der Waals surface area (Å²) in [6, 6.07) is 16.2. The van der Waals surface area contributed by atoms with Crippen LogP contribution in [0.2, 0.25) is 0 Å². The minimum absolute atomic E-state index is 0.389. The van der Waals surface area contributed by atoms with Crippen molar-refractivity contribution in [1.82, 2.24) is 24.4 Å².